The summed E-state index contributed by atoms with van der Waals surface area (Å²) in [5.74, 6) is 4.81. The molecule has 22 heavy (non-hydrogen) atoms. The van der Waals surface area contributed by atoms with Crippen molar-refractivity contribution < 1.29 is 9.53 Å². The minimum atomic E-state index is -0.00258. The highest BCUT2D eigenvalue weighted by molar-refractivity contribution is 5.69. The van der Waals surface area contributed by atoms with Gasteiger partial charge in [0.1, 0.15) is 6.10 Å². The van der Waals surface area contributed by atoms with Crippen molar-refractivity contribution in [2.24, 2.45) is 29.6 Å². The average Bonchev–Trinajstić information content (AvgIpc) is 2.54. The van der Waals surface area contributed by atoms with Gasteiger partial charge in [0.25, 0.3) is 0 Å². The van der Waals surface area contributed by atoms with E-state index in [1.54, 1.807) is 0 Å². The molecule has 126 valence electrons. The third-order valence-corrected chi connectivity index (χ3v) is 6.88. The van der Waals surface area contributed by atoms with Crippen LogP contribution in [0.2, 0.25) is 0 Å². The molecule has 0 spiro atoms. The smallest absolute Gasteiger partial charge is 0.305 e. The summed E-state index contributed by atoms with van der Waals surface area (Å²) in [5, 5.41) is 0. The Morgan fingerprint density at radius 1 is 0.909 bits per heavy atom. The minimum absolute atomic E-state index is 0.00258. The van der Waals surface area contributed by atoms with Gasteiger partial charge in [-0.2, -0.15) is 0 Å². The molecule has 0 N–H and O–H groups in total. The van der Waals surface area contributed by atoms with Crippen molar-refractivity contribution in [3.63, 3.8) is 0 Å². The molecule has 2 nitrogen and oxygen atoms in total. The van der Waals surface area contributed by atoms with Crippen LogP contribution in [-0.2, 0) is 9.53 Å². The van der Waals surface area contributed by atoms with Gasteiger partial charge in [0, 0.05) is 6.42 Å². The van der Waals surface area contributed by atoms with E-state index >= 15 is 0 Å². The van der Waals surface area contributed by atoms with E-state index in [0.29, 0.717) is 6.42 Å². The molecule has 0 amide bonds. The van der Waals surface area contributed by atoms with Gasteiger partial charge in [0.15, 0.2) is 0 Å². The molecule has 0 heterocycles. The van der Waals surface area contributed by atoms with Crippen LogP contribution in [0, 0.1) is 29.6 Å². The lowest BCUT2D eigenvalue weighted by Gasteiger charge is -2.50. The number of hydrogen-bond donors (Lipinski definition) is 0. The number of rotatable bonds is 4. The van der Waals surface area contributed by atoms with E-state index in [1.807, 2.05) is 6.92 Å². The lowest BCUT2D eigenvalue weighted by molar-refractivity contribution is -0.153. The Bertz CT molecular complexity index is 378. The van der Waals surface area contributed by atoms with Crippen LogP contribution in [0.5, 0.6) is 0 Å². The predicted molar refractivity (Wildman–Crippen MR) is 89.5 cm³/mol. The highest BCUT2D eigenvalue weighted by Gasteiger charge is 2.44. The van der Waals surface area contributed by atoms with Gasteiger partial charge in [-0.3, -0.25) is 4.79 Å². The molecule has 3 saturated carbocycles. The second-order valence-electron chi connectivity index (χ2n) is 8.17. The normalized spacial score (nSPS) is 41.4. The monoisotopic (exact) mass is 306 g/mol. The SMILES string of the molecule is CCC[C@@H]1CCC2C(CCC3C[C@H](OC(=O)CC)CCC32)C1. The van der Waals surface area contributed by atoms with Crippen molar-refractivity contribution in [1.29, 1.82) is 0 Å². The molecule has 6 atom stereocenters. The molecule has 2 heteroatoms. The molecule has 3 fully saturated rings. The second kappa shape index (κ2) is 7.36. The lowest BCUT2D eigenvalue weighted by atomic mass is 9.56. The molecule has 3 rings (SSSR count). The average molecular weight is 306 g/mol. The van der Waals surface area contributed by atoms with Crippen molar-refractivity contribution in [3.8, 4) is 0 Å². The molecule has 0 radical (unpaired) electrons. The van der Waals surface area contributed by atoms with Gasteiger partial charge < -0.3 is 4.74 Å². The molecule has 3 aliphatic rings. The molecule has 3 aliphatic carbocycles. The molecular formula is C20H34O2. The van der Waals surface area contributed by atoms with Crippen molar-refractivity contribution in [2.45, 2.75) is 90.6 Å². The van der Waals surface area contributed by atoms with E-state index in [1.165, 1.54) is 51.4 Å². The van der Waals surface area contributed by atoms with E-state index in [2.05, 4.69) is 6.92 Å². The summed E-state index contributed by atoms with van der Waals surface area (Å²) in [7, 11) is 0. The van der Waals surface area contributed by atoms with Crippen LogP contribution in [0.4, 0.5) is 0 Å². The van der Waals surface area contributed by atoms with Crippen molar-refractivity contribution >= 4 is 5.97 Å². The number of hydrogen-bond acceptors (Lipinski definition) is 2. The van der Waals surface area contributed by atoms with Gasteiger partial charge in [-0.15, -0.1) is 0 Å². The van der Waals surface area contributed by atoms with E-state index in [4.69, 9.17) is 4.74 Å². The van der Waals surface area contributed by atoms with Crippen LogP contribution in [-0.4, -0.2) is 12.1 Å². The topological polar surface area (TPSA) is 26.3 Å². The standard InChI is InChI=1S/C20H34O2/c1-3-5-14-6-10-18-15(12-14)7-8-16-13-17(9-11-19(16)18)22-20(21)4-2/h14-19H,3-13H2,1-2H3/t14-,15?,16?,17-,18?,19?/m1/s1. The maximum absolute atomic E-state index is 11.5. The number of carbonyl (C=O) groups is 1. The summed E-state index contributed by atoms with van der Waals surface area (Å²) in [5.41, 5.74) is 0. The van der Waals surface area contributed by atoms with Crippen molar-refractivity contribution in [1.82, 2.24) is 0 Å². The fraction of sp³-hybridized carbons (Fsp3) is 0.950. The maximum Gasteiger partial charge on any atom is 0.305 e. The fourth-order valence-electron chi connectivity index (χ4n) is 5.90. The Morgan fingerprint density at radius 3 is 2.27 bits per heavy atom. The van der Waals surface area contributed by atoms with Crippen LogP contribution in [0.1, 0.15) is 84.5 Å². The van der Waals surface area contributed by atoms with E-state index in [9.17, 15) is 4.79 Å². The van der Waals surface area contributed by atoms with Crippen LogP contribution in [0.25, 0.3) is 0 Å². The summed E-state index contributed by atoms with van der Waals surface area (Å²) in [6, 6.07) is 0. The quantitative estimate of drug-likeness (QED) is 0.654. The molecule has 0 aromatic heterocycles. The zero-order valence-corrected chi connectivity index (χ0v) is 14.6. The highest BCUT2D eigenvalue weighted by atomic mass is 16.5. The van der Waals surface area contributed by atoms with Gasteiger partial charge >= 0.3 is 5.97 Å². The number of esters is 1. The minimum Gasteiger partial charge on any atom is -0.462 e. The highest BCUT2D eigenvalue weighted by Crippen LogP contribution is 2.53. The summed E-state index contributed by atoms with van der Waals surface area (Å²) < 4.78 is 5.64. The number of carbonyl (C=O) groups excluding carboxylic acids is 1. The summed E-state index contributed by atoms with van der Waals surface area (Å²) in [6.07, 6.45) is 14.4. The summed E-state index contributed by atoms with van der Waals surface area (Å²) in [4.78, 5) is 11.5. The Kier molecular flexibility index (Phi) is 5.46. The molecule has 0 aliphatic heterocycles. The fourth-order valence-corrected chi connectivity index (χ4v) is 5.90. The van der Waals surface area contributed by atoms with Crippen LogP contribution in [0.3, 0.4) is 0 Å². The van der Waals surface area contributed by atoms with Gasteiger partial charge in [0.2, 0.25) is 0 Å². The van der Waals surface area contributed by atoms with Gasteiger partial charge in [0.05, 0.1) is 0 Å². The van der Waals surface area contributed by atoms with E-state index < -0.39 is 0 Å². The molecule has 4 unspecified atom stereocenters. The van der Waals surface area contributed by atoms with Gasteiger partial charge in [-0.25, -0.2) is 0 Å². The first kappa shape index (κ1) is 16.3. The molecule has 0 bridgehead atoms. The zero-order chi connectivity index (χ0) is 15.5. The van der Waals surface area contributed by atoms with E-state index in [0.717, 1.165) is 42.4 Å². The maximum atomic E-state index is 11.5. The Balaban J connectivity index is 1.55. The number of fused-ring (bicyclic) bond motifs is 3. The van der Waals surface area contributed by atoms with Gasteiger partial charge in [-0.05, 0) is 74.5 Å². The van der Waals surface area contributed by atoms with E-state index in [-0.39, 0.29) is 12.1 Å². The zero-order valence-electron chi connectivity index (χ0n) is 14.6. The van der Waals surface area contributed by atoms with Crippen LogP contribution in [0.15, 0.2) is 0 Å². The van der Waals surface area contributed by atoms with Crippen LogP contribution < -0.4 is 0 Å². The predicted octanol–water partition coefficient (Wildman–Crippen LogP) is 5.35. The Labute approximate surface area is 136 Å². The largest absolute Gasteiger partial charge is 0.462 e. The third-order valence-electron chi connectivity index (χ3n) is 6.88. The third kappa shape index (κ3) is 3.51. The molecule has 0 aromatic rings. The molecular weight excluding hydrogens is 272 g/mol. The van der Waals surface area contributed by atoms with Crippen molar-refractivity contribution in [3.05, 3.63) is 0 Å². The Hall–Kier alpha value is -0.530. The lowest BCUT2D eigenvalue weighted by Crippen LogP contribution is -2.43. The Morgan fingerprint density at radius 2 is 1.59 bits per heavy atom. The first-order valence-corrected chi connectivity index (χ1v) is 9.90. The number of ether oxygens (including phenoxy) is 1. The van der Waals surface area contributed by atoms with Crippen LogP contribution >= 0.6 is 0 Å². The molecule has 0 saturated heterocycles. The first-order valence-electron chi connectivity index (χ1n) is 9.90. The summed E-state index contributed by atoms with van der Waals surface area (Å²) in [6.45, 7) is 4.23. The second-order valence-corrected chi connectivity index (χ2v) is 8.17. The molecule has 0 aromatic carbocycles. The first-order chi connectivity index (χ1) is 10.7. The van der Waals surface area contributed by atoms with Crippen molar-refractivity contribution in [2.75, 3.05) is 0 Å². The van der Waals surface area contributed by atoms with Gasteiger partial charge in [-0.1, -0.05) is 33.1 Å². The summed E-state index contributed by atoms with van der Waals surface area (Å²) >= 11 is 0.